The number of rotatable bonds is 12. The van der Waals surface area contributed by atoms with Crippen LogP contribution in [-0.4, -0.2) is 42.8 Å². The van der Waals surface area contributed by atoms with E-state index in [1.54, 1.807) is 36.4 Å². The molecule has 0 aliphatic carbocycles. The molecule has 0 bridgehead atoms. The maximum absolute atomic E-state index is 12.8. The Morgan fingerprint density at radius 2 is 1.59 bits per heavy atom. The SMILES string of the molecule is CCCCCc1cc(C(=O)NS(=O)(=O)c2ccc(CCNC(=O)c3ccccc3)cc2)cnc1C(=O)O. The molecule has 0 aliphatic heterocycles. The number of hydrogen-bond acceptors (Lipinski definition) is 6. The normalized spacial score (nSPS) is 11.1. The first kappa shape index (κ1) is 27.5. The lowest BCUT2D eigenvalue weighted by Crippen LogP contribution is -2.31. The number of carboxylic acids is 1. The first-order valence-corrected chi connectivity index (χ1v) is 13.4. The van der Waals surface area contributed by atoms with Crippen LogP contribution in [0.25, 0.3) is 0 Å². The second-order valence-corrected chi connectivity index (χ2v) is 10.1. The van der Waals surface area contributed by atoms with Crippen LogP contribution in [0, 0.1) is 0 Å². The fourth-order valence-corrected chi connectivity index (χ4v) is 4.64. The highest BCUT2D eigenvalue weighted by Gasteiger charge is 2.21. The second-order valence-electron chi connectivity index (χ2n) is 8.44. The molecule has 194 valence electrons. The van der Waals surface area contributed by atoms with E-state index < -0.39 is 21.9 Å². The molecule has 10 heteroatoms. The number of carboxylic acid groups (broad SMARTS) is 1. The maximum Gasteiger partial charge on any atom is 0.354 e. The molecule has 0 aliphatic rings. The highest BCUT2D eigenvalue weighted by molar-refractivity contribution is 7.90. The Labute approximate surface area is 216 Å². The molecular weight excluding hydrogens is 494 g/mol. The smallest absolute Gasteiger partial charge is 0.354 e. The van der Waals surface area contributed by atoms with E-state index in [2.05, 4.69) is 10.3 Å². The Bertz CT molecular complexity index is 1360. The number of aromatic carboxylic acids is 1. The van der Waals surface area contributed by atoms with Crippen molar-refractivity contribution in [1.82, 2.24) is 15.0 Å². The van der Waals surface area contributed by atoms with Crippen molar-refractivity contribution < 1.29 is 27.9 Å². The van der Waals surface area contributed by atoms with Gasteiger partial charge in [0, 0.05) is 18.3 Å². The van der Waals surface area contributed by atoms with E-state index in [0.717, 1.165) is 31.0 Å². The number of unbranched alkanes of at least 4 members (excludes halogenated alkanes) is 2. The molecular formula is C27H29N3O6S. The summed E-state index contributed by atoms with van der Waals surface area (Å²) in [6.45, 7) is 2.39. The zero-order valence-electron chi connectivity index (χ0n) is 20.4. The van der Waals surface area contributed by atoms with Crippen molar-refractivity contribution in [3.63, 3.8) is 0 Å². The molecule has 3 N–H and O–H groups in total. The van der Waals surface area contributed by atoms with E-state index >= 15 is 0 Å². The Morgan fingerprint density at radius 1 is 0.892 bits per heavy atom. The van der Waals surface area contributed by atoms with Gasteiger partial charge >= 0.3 is 5.97 Å². The number of carbonyl (C=O) groups excluding carboxylic acids is 2. The topological polar surface area (TPSA) is 143 Å². The number of amides is 2. The van der Waals surface area contributed by atoms with Crippen LogP contribution in [0.3, 0.4) is 0 Å². The number of aryl methyl sites for hydroxylation is 1. The molecule has 0 fully saturated rings. The fraction of sp³-hybridized carbons (Fsp3) is 0.259. The van der Waals surface area contributed by atoms with Gasteiger partial charge in [-0.15, -0.1) is 0 Å². The standard InChI is InChI=1S/C27H29N3O6S/c1-2-3-5-10-21-17-22(18-29-24(21)27(33)34)26(32)30-37(35,36)23-13-11-19(12-14-23)15-16-28-25(31)20-8-6-4-7-9-20/h4,6-9,11-14,17-18H,2-3,5,10,15-16H2,1H3,(H,28,31)(H,30,32)(H,33,34). The lowest BCUT2D eigenvalue weighted by molar-refractivity contribution is 0.0688. The molecule has 0 atom stereocenters. The summed E-state index contributed by atoms with van der Waals surface area (Å²) in [6.07, 6.45) is 4.53. The van der Waals surface area contributed by atoms with Crippen molar-refractivity contribution in [2.45, 2.75) is 43.9 Å². The van der Waals surface area contributed by atoms with Gasteiger partial charge in [-0.05, 0) is 60.7 Å². The van der Waals surface area contributed by atoms with Crippen molar-refractivity contribution in [3.05, 3.63) is 94.8 Å². The molecule has 3 aromatic rings. The third-order valence-electron chi connectivity index (χ3n) is 5.68. The quantitative estimate of drug-likeness (QED) is 0.308. The van der Waals surface area contributed by atoms with Crippen molar-refractivity contribution in [3.8, 4) is 0 Å². The van der Waals surface area contributed by atoms with Gasteiger partial charge in [-0.3, -0.25) is 9.59 Å². The predicted octanol–water partition coefficient (Wildman–Crippen LogP) is 3.60. The van der Waals surface area contributed by atoms with Crippen molar-refractivity contribution in [2.24, 2.45) is 0 Å². The number of pyridine rings is 1. The van der Waals surface area contributed by atoms with E-state index in [-0.39, 0.29) is 22.1 Å². The Morgan fingerprint density at radius 3 is 2.24 bits per heavy atom. The van der Waals surface area contributed by atoms with Gasteiger partial charge in [0.05, 0.1) is 10.5 Å². The lowest BCUT2D eigenvalue weighted by atomic mass is 10.0. The van der Waals surface area contributed by atoms with Crippen LogP contribution in [-0.2, 0) is 22.9 Å². The van der Waals surface area contributed by atoms with E-state index in [4.69, 9.17) is 0 Å². The summed E-state index contributed by atoms with van der Waals surface area (Å²) in [5.41, 5.74) is 1.57. The predicted molar refractivity (Wildman–Crippen MR) is 138 cm³/mol. The number of hydrogen-bond donors (Lipinski definition) is 3. The molecule has 2 amide bonds. The fourth-order valence-electron chi connectivity index (χ4n) is 3.67. The van der Waals surface area contributed by atoms with Crippen LogP contribution in [0.5, 0.6) is 0 Å². The molecule has 0 spiro atoms. The van der Waals surface area contributed by atoms with Crippen LogP contribution < -0.4 is 10.0 Å². The molecule has 2 aromatic carbocycles. The van der Waals surface area contributed by atoms with Crippen molar-refractivity contribution in [2.75, 3.05) is 6.54 Å². The van der Waals surface area contributed by atoms with Crippen LogP contribution in [0.4, 0.5) is 0 Å². The zero-order chi connectivity index (χ0) is 26.8. The summed E-state index contributed by atoms with van der Waals surface area (Å²) in [7, 11) is -4.17. The van der Waals surface area contributed by atoms with Gasteiger partial charge < -0.3 is 10.4 Å². The van der Waals surface area contributed by atoms with E-state index in [1.165, 1.54) is 18.2 Å². The first-order chi connectivity index (χ1) is 17.7. The molecule has 0 radical (unpaired) electrons. The van der Waals surface area contributed by atoms with Gasteiger partial charge in [0.15, 0.2) is 5.69 Å². The summed E-state index contributed by atoms with van der Waals surface area (Å²) in [4.78, 5) is 40.0. The maximum atomic E-state index is 12.8. The van der Waals surface area contributed by atoms with Gasteiger partial charge in [-0.1, -0.05) is 50.1 Å². The van der Waals surface area contributed by atoms with Crippen molar-refractivity contribution in [1.29, 1.82) is 0 Å². The second kappa shape index (κ2) is 12.8. The summed E-state index contributed by atoms with van der Waals surface area (Å²) >= 11 is 0. The first-order valence-electron chi connectivity index (χ1n) is 11.9. The average molecular weight is 524 g/mol. The molecule has 37 heavy (non-hydrogen) atoms. The van der Waals surface area contributed by atoms with E-state index in [1.807, 2.05) is 17.7 Å². The van der Waals surface area contributed by atoms with Gasteiger partial charge in [0.1, 0.15) is 0 Å². The molecule has 0 unspecified atom stereocenters. The average Bonchev–Trinajstić information content (AvgIpc) is 2.89. The monoisotopic (exact) mass is 523 g/mol. The van der Waals surface area contributed by atoms with Gasteiger partial charge in [0.25, 0.3) is 21.8 Å². The number of nitrogens with zero attached hydrogens (tertiary/aromatic N) is 1. The van der Waals surface area contributed by atoms with Crippen LogP contribution in [0.2, 0.25) is 0 Å². The molecule has 0 saturated heterocycles. The summed E-state index contributed by atoms with van der Waals surface area (Å²) in [6, 6.07) is 16.2. The summed E-state index contributed by atoms with van der Waals surface area (Å²) in [5, 5.41) is 12.2. The zero-order valence-corrected chi connectivity index (χ0v) is 21.3. The number of sulfonamides is 1. The Balaban J connectivity index is 1.62. The molecule has 0 saturated carbocycles. The van der Waals surface area contributed by atoms with Crippen LogP contribution in [0.1, 0.15) is 68.5 Å². The number of nitrogens with one attached hydrogen (secondary N) is 2. The molecule has 1 aromatic heterocycles. The highest BCUT2D eigenvalue weighted by atomic mass is 32.2. The minimum absolute atomic E-state index is 0.0362. The number of benzene rings is 2. The highest BCUT2D eigenvalue weighted by Crippen LogP contribution is 2.16. The third-order valence-corrected chi connectivity index (χ3v) is 7.02. The van der Waals surface area contributed by atoms with Crippen LogP contribution in [0.15, 0.2) is 71.8 Å². The minimum atomic E-state index is -4.17. The molecule has 3 rings (SSSR count). The Hall–Kier alpha value is -4.05. The number of carbonyl (C=O) groups is 3. The number of aromatic nitrogens is 1. The van der Waals surface area contributed by atoms with E-state index in [0.29, 0.717) is 30.5 Å². The van der Waals surface area contributed by atoms with Crippen LogP contribution >= 0.6 is 0 Å². The van der Waals surface area contributed by atoms with Gasteiger partial charge in [-0.2, -0.15) is 0 Å². The van der Waals surface area contributed by atoms with Gasteiger partial charge in [-0.25, -0.2) is 22.9 Å². The minimum Gasteiger partial charge on any atom is -0.477 e. The molecule has 1 heterocycles. The molecule has 9 nitrogen and oxygen atoms in total. The summed E-state index contributed by atoms with van der Waals surface area (Å²) < 4.78 is 27.5. The lowest BCUT2D eigenvalue weighted by Gasteiger charge is -2.10. The largest absolute Gasteiger partial charge is 0.477 e. The van der Waals surface area contributed by atoms with Crippen molar-refractivity contribution >= 4 is 27.8 Å². The third kappa shape index (κ3) is 7.71. The Kier molecular flexibility index (Phi) is 9.51. The summed E-state index contributed by atoms with van der Waals surface area (Å²) in [5.74, 6) is -2.29. The van der Waals surface area contributed by atoms with Gasteiger partial charge in [0.2, 0.25) is 0 Å². The van der Waals surface area contributed by atoms with E-state index in [9.17, 15) is 27.9 Å².